The first-order valence-electron chi connectivity index (χ1n) is 11.0. The highest BCUT2D eigenvalue weighted by Crippen LogP contribution is 2.31. The summed E-state index contributed by atoms with van der Waals surface area (Å²) in [6.45, 7) is 17.1. The number of benzene rings is 1. The maximum Gasteiger partial charge on any atom is 0.254 e. The van der Waals surface area contributed by atoms with E-state index >= 15 is 0 Å². The Morgan fingerprint density at radius 2 is 1.94 bits per heavy atom. The lowest BCUT2D eigenvalue weighted by Crippen LogP contribution is -2.58. The van der Waals surface area contributed by atoms with Gasteiger partial charge in [-0.1, -0.05) is 30.9 Å². The van der Waals surface area contributed by atoms with Gasteiger partial charge in [-0.25, -0.2) is 4.39 Å². The summed E-state index contributed by atoms with van der Waals surface area (Å²) >= 11 is 0. The molecule has 32 heavy (non-hydrogen) atoms. The first kappa shape index (κ1) is 25.5. The Hall–Kier alpha value is -2.73. The molecule has 0 N–H and O–H groups in total. The van der Waals surface area contributed by atoms with Gasteiger partial charge in [-0.2, -0.15) is 0 Å². The molecule has 1 aliphatic heterocycles. The van der Waals surface area contributed by atoms with Crippen LogP contribution in [0.1, 0.15) is 47.1 Å². The van der Waals surface area contributed by atoms with Crippen molar-refractivity contribution >= 4 is 17.2 Å². The molecule has 1 saturated heterocycles. The van der Waals surface area contributed by atoms with E-state index in [1.165, 1.54) is 12.3 Å². The van der Waals surface area contributed by atoms with E-state index in [1.807, 2.05) is 44.7 Å². The van der Waals surface area contributed by atoms with Crippen molar-refractivity contribution in [1.82, 2.24) is 9.80 Å². The fourth-order valence-electron chi connectivity index (χ4n) is 4.12. The lowest BCUT2D eigenvalue weighted by Gasteiger charge is -2.44. The van der Waals surface area contributed by atoms with Crippen LogP contribution in [0.2, 0.25) is 0 Å². The largest absolute Gasteiger partial charge is 0.371 e. The third kappa shape index (κ3) is 5.36. The SMILES string of the molecule is C=CN=C(C)C(/C(=C\C)c1ccccc1F)=C(\C)N1CCN(C(=O)C(C)(C)OC)C(C)C1. The Morgan fingerprint density at radius 3 is 2.47 bits per heavy atom. The summed E-state index contributed by atoms with van der Waals surface area (Å²) in [7, 11) is 1.56. The zero-order valence-electron chi connectivity index (χ0n) is 20.4. The van der Waals surface area contributed by atoms with Crippen LogP contribution < -0.4 is 0 Å². The highest BCUT2D eigenvalue weighted by Gasteiger charge is 2.37. The average Bonchev–Trinajstić information content (AvgIpc) is 2.77. The molecule has 2 rings (SSSR count). The molecule has 0 spiro atoms. The summed E-state index contributed by atoms with van der Waals surface area (Å²) in [5.41, 5.74) is 3.10. The van der Waals surface area contributed by atoms with Gasteiger partial charge in [0, 0.05) is 61.5 Å². The van der Waals surface area contributed by atoms with Crippen molar-refractivity contribution in [2.45, 2.75) is 53.2 Å². The molecule has 0 bridgehead atoms. The maximum absolute atomic E-state index is 14.7. The monoisotopic (exact) mass is 441 g/mol. The van der Waals surface area contributed by atoms with E-state index in [-0.39, 0.29) is 17.8 Å². The molecule has 6 heteroatoms. The molecule has 1 fully saturated rings. The number of halogens is 1. The van der Waals surface area contributed by atoms with Crippen LogP contribution in [0.5, 0.6) is 0 Å². The Bertz CT molecular complexity index is 946. The van der Waals surface area contributed by atoms with Gasteiger partial charge in [0.25, 0.3) is 5.91 Å². The summed E-state index contributed by atoms with van der Waals surface area (Å²) in [6, 6.07) is 6.77. The number of ether oxygens (including phenoxy) is 1. The number of carbonyl (C=O) groups excluding carboxylic acids is 1. The Labute approximate surface area is 192 Å². The van der Waals surface area contributed by atoms with Gasteiger partial charge in [0.05, 0.1) is 0 Å². The van der Waals surface area contributed by atoms with E-state index < -0.39 is 5.60 Å². The van der Waals surface area contributed by atoms with Gasteiger partial charge in [-0.15, -0.1) is 0 Å². The van der Waals surface area contributed by atoms with Crippen molar-refractivity contribution in [3.8, 4) is 0 Å². The molecule has 1 amide bonds. The molecule has 0 saturated carbocycles. The Morgan fingerprint density at radius 1 is 1.28 bits per heavy atom. The Balaban J connectivity index is 2.46. The third-order valence-corrected chi connectivity index (χ3v) is 6.12. The van der Waals surface area contributed by atoms with Crippen LogP contribution >= 0.6 is 0 Å². The molecule has 0 radical (unpaired) electrons. The first-order valence-corrected chi connectivity index (χ1v) is 11.0. The zero-order valence-corrected chi connectivity index (χ0v) is 20.4. The lowest BCUT2D eigenvalue weighted by atomic mass is 9.92. The molecule has 1 aromatic carbocycles. The fourth-order valence-corrected chi connectivity index (χ4v) is 4.12. The second kappa shape index (κ2) is 10.7. The van der Waals surface area contributed by atoms with Crippen molar-refractivity contribution in [3.05, 3.63) is 65.8 Å². The molecule has 1 atom stereocenters. The van der Waals surface area contributed by atoms with Crippen LogP contribution in [0.15, 0.2) is 59.4 Å². The molecular formula is C26H36FN3O2. The second-order valence-corrected chi connectivity index (χ2v) is 8.55. The van der Waals surface area contributed by atoms with Gasteiger partial charge in [0.1, 0.15) is 11.4 Å². The molecule has 5 nitrogen and oxygen atoms in total. The summed E-state index contributed by atoms with van der Waals surface area (Å²) in [5.74, 6) is -0.290. The summed E-state index contributed by atoms with van der Waals surface area (Å²) in [6.07, 6.45) is 3.42. The van der Waals surface area contributed by atoms with E-state index in [9.17, 15) is 9.18 Å². The van der Waals surface area contributed by atoms with Crippen LogP contribution in [-0.2, 0) is 9.53 Å². The topological polar surface area (TPSA) is 45.1 Å². The van der Waals surface area contributed by atoms with Crippen molar-refractivity contribution in [2.24, 2.45) is 4.99 Å². The fraction of sp³-hybridized carbons (Fsp3) is 0.462. The van der Waals surface area contributed by atoms with E-state index in [2.05, 4.69) is 16.5 Å². The second-order valence-electron chi connectivity index (χ2n) is 8.55. The number of hydrogen-bond donors (Lipinski definition) is 0. The zero-order chi connectivity index (χ0) is 24.1. The number of methoxy groups -OCH3 is 1. The molecule has 1 aliphatic rings. The number of hydrogen-bond acceptors (Lipinski definition) is 4. The van der Waals surface area contributed by atoms with Gasteiger partial charge in [-0.05, 0) is 53.2 Å². The molecule has 1 heterocycles. The predicted molar refractivity (Wildman–Crippen MR) is 130 cm³/mol. The van der Waals surface area contributed by atoms with E-state index in [4.69, 9.17) is 4.74 Å². The van der Waals surface area contributed by atoms with E-state index in [1.54, 1.807) is 33.1 Å². The van der Waals surface area contributed by atoms with E-state index in [0.717, 1.165) is 22.6 Å². The van der Waals surface area contributed by atoms with Crippen LogP contribution in [0.4, 0.5) is 4.39 Å². The van der Waals surface area contributed by atoms with E-state index in [0.29, 0.717) is 25.2 Å². The molecule has 174 valence electrons. The number of amides is 1. The minimum atomic E-state index is -0.858. The minimum Gasteiger partial charge on any atom is -0.371 e. The van der Waals surface area contributed by atoms with Crippen molar-refractivity contribution in [3.63, 3.8) is 0 Å². The quantitative estimate of drug-likeness (QED) is 0.439. The van der Waals surface area contributed by atoms with Gasteiger partial charge in [0.2, 0.25) is 0 Å². The number of aliphatic imine (C=N–C) groups is 1. The van der Waals surface area contributed by atoms with Crippen molar-refractivity contribution in [2.75, 3.05) is 26.7 Å². The molecule has 1 aromatic rings. The van der Waals surface area contributed by atoms with Crippen molar-refractivity contribution in [1.29, 1.82) is 0 Å². The molecule has 1 unspecified atom stereocenters. The number of piperazine rings is 1. The van der Waals surface area contributed by atoms with Gasteiger partial charge < -0.3 is 14.5 Å². The standard InChI is InChI=1S/C26H36FN3O2/c1-9-21(22-13-11-12-14-23(22)27)24(19(4)28-10-2)20(5)29-15-16-30(18(3)17-29)25(31)26(6,7)32-8/h9-14,18H,2,15-17H2,1,3-8H3/b21-9-,24-20-,28-19?. The van der Waals surface area contributed by atoms with Crippen LogP contribution in [0.3, 0.4) is 0 Å². The highest BCUT2D eigenvalue weighted by molar-refractivity contribution is 6.12. The van der Waals surface area contributed by atoms with Gasteiger partial charge in [0.15, 0.2) is 0 Å². The van der Waals surface area contributed by atoms with Crippen LogP contribution in [0, 0.1) is 5.82 Å². The summed E-state index contributed by atoms with van der Waals surface area (Å²) < 4.78 is 20.1. The minimum absolute atomic E-state index is 0.000965. The third-order valence-electron chi connectivity index (χ3n) is 6.12. The van der Waals surface area contributed by atoms with Gasteiger partial charge in [-0.3, -0.25) is 9.79 Å². The normalized spacial score (nSPS) is 19.1. The molecule has 0 aromatic heterocycles. The van der Waals surface area contributed by atoms with Crippen molar-refractivity contribution < 1.29 is 13.9 Å². The predicted octanol–water partition coefficient (Wildman–Crippen LogP) is 5.07. The van der Waals surface area contributed by atoms with Gasteiger partial charge >= 0.3 is 0 Å². The van der Waals surface area contributed by atoms with Crippen LogP contribution in [0.25, 0.3) is 5.57 Å². The average molecular weight is 442 g/mol. The number of carbonyl (C=O) groups is 1. The molecule has 0 aliphatic carbocycles. The summed E-state index contributed by atoms with van der Waals surface area (Å²) in [4.78, 5) is 21.5. The Kier molecular flexibility index (Phi) is 8.56. The molecular weight excluding hydrogens is 405 g/mol. The number of allylic oxidation sites excluding steroid dienone is 4. The number of nitrogens with zero attached hydrogens (tertiary/aromatic N) is 3. The smallest absolute Gasteiger partial charge is 0.254 e. The summed E-state index contributed by atoms with van der Waals surface area (Å²) in [5, 5.41) is 0. The number of rotatable bonds is 7. The van der Waals surface area contributed by atoms with Crippen LogP contribution in [-0.4, -0.2) is 59.8 Å². The first-order chi connectivity index (χ1) is 15.1. The maximum atomic E-state index is 14.7. The lowest BCUT2D eigenvalue weighted by molar-refractivity contribution is -0.155. The highest BCUT2D eigenvalue weighted by atomic mass is 19.1.